The molecule has 1 atom stereocenters. The number of hydrogen-bond acceptors (Lipinski definition) is 6. The number of unbranched alkanes of at least 4 members (excludes halogenated alkanes) is 13. The normalized spacial score (nSPS) is 12.1. The molecule has 1 unspecified atom stereocenters. The zero-order valence-corrected chi connectivity index (χ0v) is 24.5. The van der Waals surface area contributed by atoms with Gasteiger partial charge >= 0.3 is 6.03 Å². The van der Waals surface area contributed by atoms with E-state index in [1.165, 1.54) is 92.0 Å². The van der Waals surface area contributed by atoms with Crippen molar-refractivity contribution in [3.05, 3.63) is 12.1 Å². The molecule has 0 heterocycles. The largest absolute Gasteiger partial charge is 0.496 e. The van der Waals surface area contributed by atoms with E-state index < -0.39 is 21.3 Å². The molecular weight excluding hydrogens is 492 g/mol. The molecule has 1 aromatic carbocycles. The number of nitrogens with one attached hydrogen (secondary N) is 2. The first kappa shape index (κ1) is 32.9. The monoisotopic (exact) mass is 542 g/mol. The lowest BCUT2D eigenvalue weighted by Gasteiger charge is -2.17. The van der Waals surface area contributed by atoms with Crippen molar-refractivity contribution in [3.63, 3.8) is 0 Å². The van der Waals surface area contributed by atoms with Crippen LogP contribution < -0.4 is 24.2 Å². The van der Waals surface area contributed by atoms with E-state index in [1.807, 2.05) is 0 Å². The molecule has 214 valence electrons. The molecule has 0 spiro atoms. The quantitative estimate of drug-likeness (QED) is 0.157. The molecule has 0 fully saturated rings. The fraction of sp³-hybridized carbons (Fsp3) is 0.750. The van der Waals surface area contributed by atoms with Crippen molar-refractivity contribution in [3.8, 4) is 17.2 Å². The minimum Gasteiger partial charge on any atom is -0.496 e. The zero-order chi connectivity index (χ0) is 27.5. The summed E-state index contributed by atoms with van der Waals surface area (Å²) in [6.45, 7) is 3.88. The van der Waals surface area contributed by atoms with E-state index in [2.05, 4.69) is 17.0 Å². The van der Waals surface area contributed by atoms with Gasteiger partial charge in [-0.15, -0.1) is 0 Å². The molecule has 1 rings (SSSR count). The van der Waals surface area contributed by atoms with Crippen LogP contribution in [0.1, 0.15) is 110 Å². The maximum atomic E-state index is 12.7. The number of sulfonamides is 1. The Kier molecular flexibility index (Phi) is 16.9. The summed E-state index contributed by atoms with van der Waals surface area (Å²) >= 11 is 0. The van der Waals surface area contributed by atoms with E-state index in [-0.39, 0.29) is 5.69 Å². The molecule has 0 aliphatic rings. The van der Waals surface area contributed by atoms with Crippen LogP contribution in [0.25, 0.3) is 0 Å². The number of benzene rings is 1. The van der Waals surface area contributed by atoms with Crippen molar-refractivity contribution in [2.24, 2.45) is 0 Å². The summed E-state index contributed by atoms with van der Waals surface area (Å²) in [7, 11) is 0.556. The number of urea groups is 1. The summed E-state index contributed by atoms with van der Waals surface area (Å²) in [6.07, 6.45) is 18.1. The average Bonchev–Trinajstić information content (AvgIpc) is 2.88. The third kappa shape index (κ3) is 13.3. The molecule has 0 aliphatic heterocycles. The van der Waals surface area contributed by atoms with Crippen LogP contribution in [0, 0.1) is 0 Å². The molecular formula is C28H50N2O6S. The van der Waals surface area contributed by atoms with E-state index in [0.717, 1.165) is 19.3 Å². The van der Waals surface area contributed by atoms with Crippen LogP contribution in [0.5, 0.6) is 17.2 Å². The van der Waals surface area contributed by atoms with Crippen LogP contribution in [0.2, 0.25) is 0 Å². The Morgan fingerprint density at radius 1 is 0.757 bits per heavy atom. The first-order chi connectivity index (χ1) is 17.8. The topological polar surface area (TPSA) is 103 Å². The Bertz CT molecular complexity index is 850. The summed E-state index contributed by atoms with van der Waals surface area (Å²) in [6, 6.07) is 2.28. The van der Waals surface area contributed by atoms with Crippen LogP contribution >= 0.6 is 0 Å². The van der Waals surface area contributed by atoms with Gasteiger partial charge in [0.15, 0.2) is 0 Å². The van der Waals surface area contributed by atoms with Crippen LogP contribution in [-0.4, -0.2) is 41.0 Å². The van der Waals surface area contributed by atoms with Crippen LogP contribution in [-0.2, 0) is 10.0 Å². The second kappa shape index (κ2) is 19.0. The van der Waals surface area contributed by atoms with Gasteiger partial charge in [0.2, 0.25) is 10.0 Å². The minimum atomic E-state index is -3.82. The SMILES string of the molecule is CCCCCCCCCCCCCCCCC(C)S(=O)(=O)NC(=O)Nc1c(OC)cc(OC)cc1OC. The molecule has 0 saturated carbocycles. The Morgan fingerprint density at radius 3 is 1.59 bits per heavy atom. The van der Waals surface area contributed by atoms with E-state index >= 15 is 0 Å². The van der Waals surface area contributed by atoms with Crippen molar-refractivity contribution in [2.45, 2.75) is 115 Å². The lowest BCUT2D eigenvalue weighted by Crippen LogP contribution is -2.39. The van der Waals surface area contributed by atoms with Crippen molar-refractivity contribution < 1.29 is 27.4 Å². The first-order valence-electron chi connectivity index (χ1n) is 13.9. The van der Waals surface area contributed by atoms with Gasteiger partial charge in [0.25, 0.3) is 0 Å². The highest BCUT2D eigenvalue weighted by Gasteiger charge is 2.24. The fourth-order valence-electron chi connectivity index (χ4n) is 4.28. The highest BCUT2D eigenvalue weighted by Crippen LogP contribution is 2.38. The molecule has 2 amide bonds. The van der Waals surface area contributed by atoms with Gasteiger partial charge in [-0.05, 0) is 13.3 Å². The lowest BCUT2D eigenvalue weighted by molar-refractivity contribution is 0.256. The molecule has 0 aliphatic carbocycles. The molecule has 0 radical (unpaired) electrons. The maximum absolute atomic E-state index is 12.7. The molecule has 0 bridgehead atoms. The third-order valence-electron chi connectivity index (χ3n) is 6.68. The molecule has 8 nitrogen and oxygen atoms in total. The van der Waals surface area contributed by atoms with Crippen molar-refractivity contribution in [2.75, 3.05) is 26.6 Å². The van der Waals surface area contributed by atoms with Gasteiger partial charge in [-0.2, -0.15) is 0 Å². The summed E-state index contributed by atoms with van der Waals surface area (Å²) in [5, 5.41) is 1.86. The molecule has 37 heavy (non-hydrogen) atoms. The van der Waals surface area contributed by atoms with Gasteiger partial charge in [-0.3, -0.25) is 0 Å². The fourth-order valence-corrected chi connectivity index (χ4v) is 5.27. The van der Waals surface area contributed by atoms with Crippen LogP contribution in [0.4, 0.5) is 10.5 Å². The highest BCUT2D eigenvalue weighted by molar-refractivity contribution is 7.90. The summed E-state index contributed by atoms with van der Waals surface area (Å²) in [5.74, 6) is 1.06. The summed E-state index contributed by atoms with van der Waals surface area (Å²) in [4.78, 5) is 12.5. The van der Waals surface area contributed by atoms with Gasteiger partial charge in [-0.1, -0.05) is 96.8 Å². The van der Waals surface area contributed by atoms with Gasteiger partial charge in [0, 0.05) is 12.1 Å². The Hall–Kier alpha value is -2.16. The molecule has 0 saturated heterocycles. The standard InChI is InChI=1S/C28H50N2O6S/c1-6-7-8-9-10-11-12-13-14-15-16-17-18-19-20-23(2)37(32,33)30-28(31)29-27-25(35-4)21-24(34-3)22-26(27)36-5/h21-23H,6-20H2,1-5H3,(H2,29,30,31). The number of carbonyl (C=O) groups excluding carboxylic acids is 1. The van der Waals surface area contributed by atoms with Crippen LogP contribution in [0.15, 0.2) is 12.1 Å². The number of methoxy groups -OCH3 is 3. The summed E-state index contributed by atoms with van der Waals surface area (Å²) in [5.41, 5.74) is 0.220. The van der Waals surface area contributed by atoms with Gasteiger partial charge < -0.3 is 19.5 Å². The molecule has 9 heteroatoms. The lowest BCUT2D eigenvalue weighted by atomic mass is 10.0. The Balaban J connectivity index is 2.29. The second-order valence-corrected chi connectivity index (χ2v) is 11.8. The second-order valence-electron chi connectivity index (χ2n) is 9.70. The number of anilines is 1. The van der Waals surface area contributed by atoms with E-state index in [1.54, 1.807) is 19.1 Å². The van der Waals surface area contributed by atoms with Gasteiger partial charge in [0.05, 0.1) is 26.6 Å². The molecule has 0 aromatic heterocycles. The van der Waals surface area contributed by atoms with E-state index in [9.17, 15) is 13.2 Å². The van der Waals surface area contributed by atoms with Crippen molar-refractivity contribution >= 4 is 21.7 Å². The van der Waals surface area contributed by atoms with E-state index in [0.29, 0.717) is 23.7 Å². The van der Waals surface area contributed by atoms with Crippen molar-refractivity contribution in [1.29, 1.82) is 0 Å². The zero-order valence-electron chi connectivity index (χ0n) is 23.7. The Labute approximate surface area is 225 Å². The number of hydrogen-bond donors (Lipinski definition) is 2. The minimum absolute atomic E-state index is 0.220. The van der Waals surface area contributed by atoms with E-state index in [4.69, 9.17) is 14.2 Å². The highest BCUT2D eigenvalue weighted by atomic mass is 32.2. The number of amides is 2. The molecule has 2 N–H and O–H groups in total. The van der Waals surface area contributed by atoms with Gasteiger partial charge in [-0.25, -0.2) is 17.9 Å². The predicted molar refractivity (Wildman–Crippen MR) is 152 cm³/mol. The number of carbonyl (C=O) groups is 1. The average molecular weight is 543 g/mol. The third-order valence-corrected chi connectivity index (χ3v) is 8.45. The number of ether oxygens (including phenoxy) is 3. The van der Waals surface area contributed by atoms with Crippen LogP contribution in [0.3, 0.4) is 0 Å². The maximum Gasteiger partial charge on any atom is 0.333 e. The Morgan fingerprint density at radius 2 is 1.19 bits per heavy atom. The van der Waals surface area contributed by atoms with Gasteiger partial charge in [0.1, 0.15) is 22.9 Å². The molecule has 1 aromatic rings. The number of rotatable bonds is 21. The first-order valence-corrected chi connectivity index (χ1v) is 15.5. The summed E-state index contributed by atoms with van der Waals surface area (Å²) < 4.78 is 43.2. The smallest absolute Gasteiger partial charge is 0.333 e. The van der Waals surface area contributed by atoms with Crippen molar-refractivity contribution in [1.82, 2.24) is 4.72 Å². The predicted octanol–water partition coefficient (Wildman–Crippen LogP) is 7.42.